The van der Waals surface area contributed by atoms with Crippen LogP contribution in [0.3, 0.4) is 0 Å². The lowest BCUT2D eigenvalue weighted by molar-refractivity contribution is -0.117. The maximum absolute atomic E-state index is 12.2. The number of benzene rings is 1. The highest BCUT2D eigenvalue weighted by molar-refractivity contribution is 5.90. The summed E-state index contributed by atoms with van der Waals surface area (Å²) in [5.74, 6) is -0.0157. The van der Waals surface area contributed by atoms with E-state index in [1.807, 2.05) is 31.2 Å². The predicted molar refractivity (Wildman–Crippen MR) is 94.6 cm³/mol. The van der Waals surface area contributed by atoms with E-state index in [4.69, 9.17) is 0 Å². The molecule has 0 saturated carbocycles. The fourth-order valence-electron chi connectivity index (χ4n) is 2.70. The highest BCUT2D eigenvalue weighted by Gasteiger charge is 2.12. The van der Waals surface area contributed by atoms with Crippen LogP contribution in [0.4, 0.5) is 5.82 Å². The van der Waals surface area contributed by atoms with Crippen LogP contribution in [0.25, 0.3) is 16.8 Å². The molecule has 0 unspecified atom stereocenters. The van der Waals surface area contributed by atoms with Gasteiger partial charge < -0.3 is 5.32 Å². The second-order valence-electron chi connectivity index (χ2n) is 5.78. The van der Waals surface area contributed by atoms with E-state index in [0.29, 0.717) is 11.3 Å². The molecule has 0 radical (unpaired) electrons. The Bertz CT molecular complexity index is 1160. The van der Waals surface area contributed by atoms with Crippen molar-refractivity contribution in [3.8, 4) is 11.3 Å². The van der Waals surface area contributed by atoms with E-state index in [1.54, 1.807) is 12.1 Å². The van der Waals surface area contributed by atoms with Crippen molar-refractivity contribution >= 4 is 17.2 Å². The van der Waals surface area contributed by atoms with Crippen LogP contribution >= 0.6 is 0 Å². The Morgan fingerprint density at radius 3 is 2.92 bits per heavy atom. The van der Waals surface area contributed by atoms with Gasteiger partial charge in [-0.3, -0.25) is 14.7 Å². The van der Waals surface area contributed by atoms with Gasteiger partial charge in [0.1, 0.15) is 18.4 Å². The molecule has 0 aliphatic heterocycles. The van der Waals surface area contributed by atoms with Crippen molar-refractivity contribution in [2.24, 2.45) is 0 Å². The van der Waals surface area contributed by atoms with Gasteiger partial charge in [-0.1, -0.05) is 24.3 Å². The highest BCUT2D eigenvalue weighted by Crippen LogP contribution is 2.22. The molecule has 0 aliphatic rings. The minimum Gasteiger partial charge on any atom is -0.308 e. The lowest BCUT2D eigenvalue weighted by atomic mass is 10.1. The van der Waals surface area contributed by atoms with Crippen molar-refractivity contribution in [1.29, 1.82) is 0 Å². The molecule has 0 spiro atoms. The number of amides is 1. The van der Waals surface area contributed by atoms with Crippen molar-refractivity contribution in [1.82, 2.24) is 29.6 Å². The number of hydrogen-bond acceptors (Lipinski definition) is 5. The number of hydrogen-bond donors (Lipinski definition) is 2. The summed E-state index contributed by atoms with van der Waals surface area (Å²) in [7, 11) is 0. The first-order valence-corrected chi connectivity index (χ1v) is 7.92. The van der Waals surface area contributed by atoms with Gasteiger partial charge in [-0.25, -0.2) is 9.20 Å². The van der Waals surface area contributed by atoms with Crippen LogP contribution in [0, 0.1) is 6.92 Å². The predicted octanol–water partition coefficient (Wildman–Crippen LogP) is 1.23. The molecule has 4 aromatic rings. The Hall–Kier alpha value is -3.75. The zero-order chi connectivity index (χ0) is 18.1. The number of fused-ring (bicyclic) bond motifs is 1. The van der Waals surface area contributed by atoms with E-state index in [1.165, 1.54) is 17.0 Å². The van der Waals surface area contributed by atoms with Crippen LogP contribution in [-0.4, -0.2) is 35.5 Å². The topological polar surface area (TPSA) is 110 Å². The summed E-state index contributed by atoms with van der Waals surface area (Å²) in [5, 5.41) is 17.5. The van der Waals surface area contributed by atoms with E-state index in [2.05, 4.69) is 25.7 Å². The van der Waals surface area contributed by atoms with Crippen molar-refractivity contribution in [3.05, 3.63) is 64.8 Å². The minimum atomic E-state index is -0.397. The van der Waals surface area contributed by atoms with Crippen molar-refractivity contribution in [2.75, 3.05) is 5.32 Å². The van der Waals surface area contributed by atoms with Gasteiger partial charge in [-0.05, 0) is 18.6 Å². The molecule has 3 aromatic heterocycles. The van der Waals surface area contributed by atoms with Crippen LogP contribution in [-0.2, 0) is 11.3 Å². The number of nitrogens with one attached hydrogen (secondary N) is 2. The fourth-order valence-corrected chi connectivity index (χ4v) is 2.70. The first-order valence-electron chi connectivity index (χ1n) is 7.92. The number of aromatic amines is 1. The number of aryl methyl sites for hydroxylation is 1. The van der Waals surface area contributed by atoms with Crippen molar-refractivity contribution in [2.45, 2.75) is 13.5 Å². The van der Waals surface area contributed by atoms with Gasteiger partial charge in [-0.15, -0.1) is 0 Å². The minimum absolute atomic E-state index is 0.215. The number of H-pyrrole nitrogens is 1. The largest absolute Gasteiger partial charge is 0.308 e. The Kier molecular flexibility index (Phi) is 3.81. The molecule has 1 aromatic carbocycles. The number of carbonyl (C=O) groups excluding carboxylic acids is 1. The molecule has 4 rings (SSSR count). The molecule has 1 amide bonds. The SMILES string of the molecule is Cc1ccccc1-c1cc(NC(=O)Cn2ncn3nccc3c2=O)n[nH]1. The molecular weight excluding hydrogens is 334 g/mol. The third-order valence-corrected chi connectivity index (χ3v) is 4.00. The first-order chi connectivity index (χ1) is 12.6. The molecule has 9 heteroatoms. The van der Waals surface area contributed by atoms with Gasteiger partial charge in [-0.2, -0.15) is 15.3 Å². The van der Waals surface area contributed by atoms with Crippen molar-refractivity contribution in [3.63, 3.8) is 0 Å². The second-order valence-corrected chi connectivity index (χ2v) is 5.78. The summed E-state index contributed by atoms with van der Waals surface area (Å²) in [6, 6.07) is 11.2. The molecule has 3 heterocycles. The Labute approximate surface area is 147 Å². The van der Waals surface area contributed by atoms with Gasteiger partial charge in [0.25, 0.3) is 5.56 Å². The van der Waals surface area contributed by atoms with E-state index in [9.17, 15) is 9.59 Å². The average molecular weight is 349 g/mol. The van der Waals surface area contributed by atoms with Gasteiger partial charge >= 0.3 is 0 Å². The monoisotopic (exact) mass is 349 g/mol. The summed E-state index contributed by atoms with van der Waals surface area (Å²) >= 11 is 0. The van der Waals surface area contributed by atoms with Crippen LogP contribution in [0.5, 0.6) is 0 Å². The molecule has 0 bridgehead atoms. The molecule has 9 nitrogen and oxygen atoms in total. The summed E-state index contributed by atoms with van der Waals surface area (Å²) in [5.41, 5.74) is 2.87. The number of aromatic nitrogens is 6. The molecule has 2 N–H and O–H groups in total. The fraction of sp³-hybridized carbons (Fsp3) is 0.118. The summed E-state index contributed by atoms with van der Waals surface area (Å²) in [6.45, 7) is 1.78. The average Bonchev–Trinajstić information content (AvgIpc) is 3.27. The summed E-state index contributed by atoms with van der Waals surface area (Å²) < 4.78 is 2.44. The summed E-state index contributed by atoms with van der Waals surface area (Å²) in [4.78, 5) is 24.5. The normalized spacial score (nSPS) is 11.0. The van der Waals surface area contributed by atoms with Gasteiger partial charge in [0, 0.05) is 11.6 Å². The zero-order valence-corrected chi connectivity index (χ0v) is 13.9. The molecule has 130 valence electrons. The van der Waals surface area contributed by atoms with Gasteiger partial charge in [0.05, 0.1) is 11.9 Å². The lowest BCUT2D eigenvalue weighted by Gasteiger charge is -2.04. The smallest absolute Gasteiger partial charge is 0.293 e. The highest BCUT2D eigenvalue weighted by atomic mass is 16.2. The molecule has 0 fully saturated rings. The Balaban J connectivity index is 1.51. The van der Waals surface area contributed by atoms with E-state index in [0.717, 1.165) is 21.5 Å². The maximum Gasteiger partial charge on any atom is 0.293 e. The zero-order valence-electron chi connectivity index (χ0n) is 13.9. The molecule has 0 saturated heterocycles. The van der Waals surface area contributed by atoms with E-state index in [-0.39, 0.29) is 12.1 Å². The molecular formula is C17H15N7O2. The lowest BCUT2D eigenvalue weighted by Crippen LogP contribution is -2.30. The standard InChI is InChI=1S/C17H15N7O2/c1-11-4-2-3-5-12(11)13-8-15(22-21-13)20-16(25)9-23-17(26)14-6-7-18-24(14)10-19-23/h2-8,10H,9H2,1H3,(H2,20,21,22,25). The number of carbonyl (C=O) groups is 1. The molecule has 0 atom stereocenters. The molecule has 26 heavy (non-hydrogen) atoms. The quantitative estimate of drug-likeness (QED) is 0.576. The molecule has 0 aliphatic carbocycles. The van der Waals surface area contributed by atoms with Crippen LogP contribution < -0.4 is 10.9 Å². The third-order valence-electron chi connectivity index (χ3n) is 4.00. The summed E-state index contributed by atoms with van der Waals surface area (Å²) in [6.07, 6.45) is 2.88. The van der Waals surface area contributed by atoms with Gasteiger partial charge in [0.15, 0.2) is 5.82 Å². The Morgan fingerprint density at radius 1 is 1.23 bits per heavy atom. The van der Waals surface area contributed by atoms with Crippen molar-refractivity contribution < 1.29 is 4.79 Å². The van der Waals surface area contributed by atoms with Crippen LogP contribution in [0.2, 0.25) is 0 Å². The number of rotatable bonds is 4. The number of nitrogens with zero attached hydrogens (tertiary/aromatic N) is 5. The van der Waals surface area contributed by atoms with Gasteiger partial charge in [0.2, 0.25) is 5.91 Å². The van der Waals surface area contributed by atoms with Crippen LogP contribution in [0.15, 0.2) is 53.7 Å². The van der Waals surface area contributed by atoms with E-state index < -0.39 is 5.91 Å². The number of anilines is 1. The van der Waals surface area contributed by atoms with Crippen LogP contribution in [0.1, 0.15) is 5.56 Å². The first kappa shape index (κ1) is 15.8. The van der Waals surface area contributed by atoms with E-state index >= 15 is 0 Å². The second kappa shape index (κ2) is 6.28. The maximum atomic E-state index is 12.2. The Morgan fingerprint density at radius 2 is 2.08 bits per heavy atom. The third kappa shape index (κ3) is 2.86.